The van der Waals surface area contributed by atoms with Gasteiger partial charge in [-0.2, -0.15) is 0 Å². The van der Waals surface area contributed by atoms with Crippen LogP contribution in [0.5, 0.6) is 0 Å². The van der Waals surface area contributed by atoms with Crippen LogP contribution in [0.2, 0.25) is 5.02 Å². The Kier molecular flexibility index (Phi) is 5.48. The molecule has 2 rings (SSSR count). The standard InChI is InChI=1S/C16H23ClN2O2/c1-12(13-4-6-14(17)7-5-13)19-15(20)18-10-16(11-21-2)8-3-9-16/h4-7,12H,3,8-11H2,1-2H3,(H2,18,19,20)/t12-/m0/s1. The van der Waals surface area contributed by atoms with Gasteiger partial charge in [0, 0.05) is 24.1 Å². The van der Waals surface area contributed by atoms with E-state index in [1.807, 2.05) is 31.2 Å². The number of carbonyl (C=O) groups is 1. The smallest absolute Gasteiger partial charge is 0.315 e. The van der Waals surface area contributed by atoms with Gasteiger partial charge in [0.2, 0.25) is 0 Å². The molecule has 1 aliphatic carbocycles. The number of methoxy groups -OCH3 is 1. The number of hydrogen-bond donors (Lipinski definition) is 2. The van der Waals surface area contributed by atoms with Crippen LogP contribution in [0.1, 0.15) is 37.8 Å². The number of rotatable bonds is 6. The maximum absolute atomic E-state index is 12.0. The first-order valence-electron chi connectivity index (χ1n) is 7.33. The molecular formula is C16H23ClN2O2. The van der Waals surface area contributed by atoms with Crippen LogP contribution in [0, 0.1) is 5.41 Å². The fourth-order valence-corrected chi connectivity index (χ4v) is 2.83. The van der Waals surface area contributed by atoms with Gasteiger partial charge in [-0.15, -0.1) is 0 Å². The molecule has 2 N–H and O–H groups in total. The highest BCUT2D eigenvalue weighted by molar-refractivity contribution is 6.30. The number of benzene rings is 1. The van der Waals surface area contributed by atoms with Crippen LogP contribution >= 0.6 is 11.6 Å². The van der Waals surface area contributed by atoms with Crippen LogP contribution in [-0.2, 0) is 4.74 Å². The van der Waals surface area contributed by atoms with Crippen LogP contribution in [0.15, 0.2) is 24.3 Å². The largest absolute Gasteiger partial charge is 0.384 e. The minimum atomic E-state index is -0.139. The molecule has 4 nitrogen and oxygen atoms in total. The normalized spacial score (nSPS) is 17.7. The van der Waals surface area contributed by atoms with Crippen molar-refractivity contribution < 1.29 is 9.53 Å². The van der Waals surface area contributed by atoms with Gasteiger partial charge in [-0.1, -0.05) is 30.2 Å². The summed E-state index contributed by atoms with van der Waals surface area (Å²) in [6.07, 6.45) is 3.45. The van der Waals surface area contributed by atoms with Gasteiger partial charge < -0.3 is 15.4 Å². The van der Waals surface area contributed by atoms with Crippen molar-refractivity contribution in [2.75, 3.05) is 20.3 Å². The van der Waals surface area contributed by atoms with E-state index in [0.717, 1.165) is 18.4 Å². The second-order valence-corrected chi connectivity index (χ2v) is 6.32. The van der Waals surface area contributed by atoms with E-state index < -0.39 is 0 Å². The minimum absolute atomic E-state index is 0.0537. The van der Waals surface area contributed by atoms with Crippen LogP contribution in [-0.4, -0.2) is 26.3 Å². The van der Waals surface area contributed by atoms with Gasteiger partial charge in [0.15, 0.2) is 0 Å². The summed E-state index contributed by atoms with van der Waals surface area (Å²) in [6.45, 7) is 3.33. The molecule has 0 aromatic heterocycles. The van der Waals surface area contributed by atoms with Gasteiger partial charge in [-0.05, 0) is 37.5 Å². The van der Waals surface area contributed by atoms with Gasteiger partial charge >= 0.3 is 6.03 Å². The summed E-state index contributed by atoms with van der Waals surface area (Å²) in [6, 6.07) is 7.31. The minimum Gasteiger partial charge on any atom is -0.384 e. The van der Waals surface area contributed by atoms with E-state index in [1.54, 1.807) is 7.11 Å². The number of urea groups is 1. The molecule has 0 aliphatic heterocycles. The maximum atomic E-state index is 12.0. The number of carbonyl (C=O) groups excluding carboxylic acids is 1. The average molecular weight is 311 g/mol. The van der Waals surface area contributed by atoms with E-state index in [0.29, 0.717) is 18.2 Å². The van der Waals surface area contributed by atoms with Crippen molar-refractivity contribution in [2.45, 2.75) is 32.2 Å². The molecule has 1 atom stereocenters. The van der Waals surface area contributed by atoms with Gasteiger partial charge in [-0.25, -0.2) is 4.79 Å². The molecule has 0 bridgehead atoms. The van der Waals surface area contributed by atoms with Crippen molar-refractivity contribution in [3.63, 3.8) is 0 Å². The fourth-order valence-electron chi connectivity index (χ4n) is 2.71. The zero-order valence-electron chi connectivity index (χ0n) is 12.6. The summed E-state index contributed by atoms with van der Waals surface area (Å²) < 4.78 is 5.26. The van der Waals surface area contributed by atoms with Crippen molar-refractivity contribution in [3.8, 4) is 0 Å². The Balaban J connectivity index is 1.80. The molecule has 5 heteroatoms. The lowest BCUT2D eigenvalue weighted by Crippen LogP contribution is -2.48. The third-order valence-corrected chi connectivity index (χ3v) is 4.46. The lowest BCUT2D eigenvalue weighted by atomic mass is 9.69. The lowest BCUT2D eigenvalue weighted by molar-refractivity contribution is 0.0200. The summed E-state index contributed by atoms with van der Waals surface area (Å²) in [5.41, 5.74) is 1.17. The van der Waals surface area contributed by atoms with Gasteiger partial charge in [0.25, 0.3) is 0 Å². The van der Waals surface area contributed by atoms with Crippen molar-refractivity contribution in [1.82, 2.24) is 10.6 Å². The molecule has 116 valence electrons. The Morgan fingerprint density at radius 1 is 1.38 bits per heavy atom. The molecule has 0 saturated heterocycles. The number of hydrogen-bond acceptors (Lipinski definition) is 2. The van der Waals surface area contributed by atoms with E-state index in [9.17, 15) is 4.79 Å². The van der Waals surface area contributed by atoms with Crippen molar-refractivity contribution in [3.05, 3.63) is 34.9 Å². The number of halogens is 1. The monoisotopic (exact) mass is 310 g/mol. The zero-order chi connectivity index (χ0) is 15.3. The second kappa shape index (κ2) is 7.14. The maximum Gasteiger partial charge on any atom is 0.315 e. The number of amides is 2. The highest BCUT2D eigenvalue weighted by Crippen LogP contribution is 2.40. The zero-order valence-corrected chi connectivity index (χ0v) is 13.4. The highest BCUT2D eigenvalue weighted by atomic mass is 35.5. The molecular weight excluding hydrogens is 288 g/mol. The topological polar surface area (TPSA) is 50.4 Å². The van der Waals surface area contributed by atoms with Crippen LogP contribution in [0.3, 0.4) is 0 Å². The van der Waals surface area contributed by atoms with E-state index in [1.165, 1.54) is 6.42 Å². The first-order chi connectivity index (χ1) is 10.0. The molecule has 1 fully saturated rings. The van der Waals surface area contributed by atoms with Gasteiger partial charge in [0.1, 0.15) is 0 Å². The number of ether oxygens (including phenoxy) is 1. The van der Waals surface area contributed by atoms with E-state index >= 15 is 0 Å². The molecule has 1 aromatic carbocycles. The Morgan fingerprint density at radius 2 is 2.05 bits per heavy atom. The molecule has 0 spiro atoms. The van der Waals surface area contributed by atoms with E-state index in [2.05, 4.69) is 10.6 Å². The van der Waals surface area contributed by atoms with Gasteiger partial charge in [-0.3, -0.25) is 0 Å². The van der Waals surface area contributed by atoms with E-state index in [-0.39, 0.29) is 17.5 Å². The predicted octanol–water partition coefficient (Wildman–Crippen LogP) is 3.52. The third-order valence-electron chi connectivity index (χ3n) is 4.21. The Hall–Kier alpha value is -1.26. The Labute approximate surface area is 131 Å². The van der Waals surface area contributed by atoms with Gasteiger partial charge in [0.05, 0.1) is 12.6 Å². The van der Waals surface area contributed by atoms with Crippen molar-refractivity contribution in [2.24, 2.45) is 5.41 Å². The highest BCUT2D eigenvalue weighted by Gasteiger charge is 2.37. The average Bonchev–Trinajstić information content (AvgIpc) is 2.42. The molecule has 1 saturated carbocycles. The predicted molar refractivity (Wildman–Crippen MR) is 84.6 cm³/mol. The molecule has 2 amide bonds. The van der Waals surface area contributed by atoms with Crippen LogP contribution in [0.4, 0.5) is 4.79 Å². The van der Waals surface area contributed by atoms with E-state index in [4.69, 9.17) is 16.3 Å². The lowest BCUT2D eigenvalue weighted by Gasteiger charge is -2.41. The Morgan fingerprint density at radius 3 is 2.57 bits per heavy atom. The fraction of sp³-hybridized carbons (Fsp3) is 0.562. The molecule has 1 aromatic rings. The van der Waals surface area contributed by atoms with Crippen LogP contribution < -0.4 is 10.6 Å². The first kappa shape index (κ1) is 16.1. The SMILES string of the molecule is COCC1(CNC(=O)N[C@@H](C)c2ccc(Cl)cc2)CCC1. The van der Waals surface area contributed by atoms with Crippen molar-refractivity contribution in [1.29, 1.82) is 0 Å². The summed E-state index contributed by atoms with van der Waals surface area (Å²) in [5, 5.41) is 6.61. The molecule has 1 aliphatic rings. The van der Waals surface area contributed by atoms with Crippen molar-refractivity contribution >= 4 is 17.6 Å². The molecule has 0 radical (unpaired) electrons. The van der Waals surface area contributed by atoms with Crippen LogP contribution in [0.25, 0.3) is 0 Å². The molecule has 0 heterocycles. The molecule has 21 heavy (non-hydrogen) atoms. The first-order valence-corrected chi connectivity index (χ1v) is 7.71. The Bertz CT molecular complexity index is 472. The summed E-state index contributed by atoms with van der Waals surface area (Å²) in [4.78, 5) is 12.0. The second-order valence-electron chi connectivity index (χ2n) is 5.89. The quantitative estimate of drug-likeness (QED) is 0.844. The summed E-state index contributed by atoms with van der Waals surface area (Å²) >= 11 is 5.86. The third kappa shape index (κ3) is 4.35. The summed E-state index contributed by atoms with van der Waals surface area (Å²) in [5.74, 6) is 0. The molecule has 0 unspecified atom stereocenters. The number of nitrogens with one attached hydrogen (secondary N) is 2. The summed E-state index contributed by atoms with van der Waals surface area (Å²) in [7, 11) is 1.71.